The second kappa shape index (κ2) is 11.1. The van der Waals surface area contributed by atoms with Crippen LogP contribution >= 0.6 is 11.6 Å². The van der Waals surface area contributed by atoms with Gasteiger partial charge in [-0.25, -0.2) is 18.4 Å². The summed E-state index contributed by atoms with van der Waals surface area (Å²) in [4.78, 5) is 8.41. The fourth-order valence-electron chi connectivity index (χ4n) is 4.29. The van der Waals surface area contributed by atoms with Crippen molar-refractivity contribution in [3.05, 3.63) is 53.1 Å². The van der Waals surface area contributed by atoms with E-state index in [1.807, 2.05) is 0 Å². The molecule has 0 spiro atoms. The van der Waals surface area contributed by atoms with Crippen LogP contribution in [0.25, 0.3) is 5.69 Å². The number of halogens is 1. The maximum absolute atomic E-state index is 13.6. The van der Waals surface area contributed by atoms with Crippen LogP contribution < -0.4 is 9.47 Å². The first kappa shape index (κ1) is 26.3. The number of para-hydroxylation sites is 1. The molecule has 1 aliphatic rings. The number of nitrogens with zero attached hydrogens (tertiary/aromatic N) is 5. The first-order valence-corrected chi connectivity index (χ1v) is 13.8. The van der Waals surface area contributed by atoms with Crippen LogP contribution in [0.1, 0.15) is 50.1 Å². The summed E-state index contributed by atoms with van der Waals surface area (Å²) in [6.07, 6.45) is 5.26. The molecule has 36 heavy (non-hydrogen) atoms. The highest BCUT2D eigenvalue weighted by Gasteiger charge is 2.33. The zero-order valence-electron chi connectivity index (χ0n) is 20.7. The Balaban J connectivity index is 1.73. The van der Waals surface area contributed by atoms with Crippen LogP contribution in [0, 0.1) is 0 Å². The number of aromatic nitrogens is 5. The Bertz CT molecular complexity index is 1270. The van der Waals surface area contributed by atoms with Gasteiger partial charge in [0.2, 0.25) is 0 Å². The lowest BCUT2D eigenvalue weighted by Gasteiger charge is -2.21. The smallest absolute Gasteiger partial charge is 0.160 e. The van der Waals surface area contributed by atoms with Gasteiger partial charge in [0.05, 0.1) is 30.6 Å². The van der Waals surface area contributed by atoms with E-state index in [0.717, 1.165) is 12.8 Å². The zero-order chi connectivity index (χ0) is 25.9. The standard InChI is InChI=1S/C24H30ClN5O5S/c1-15(24-26-12-17(25)13-27-24)16(2)36(31,32)14-22-29-28-21(11-18-7-6-10-35-18)30(22)23-19(33-3)8-5-9-20(23)34-4/h5,8-9,12-13,15-16,18H,6-7,10-11,14H2,1-4H3/t15-,16-,18+/m0/s1. The summed E-state index contributed by atoms with van der Waals surface area (Å²) in [5, 5.41) is 8.30. The molecule has 12 heteroatoms. The lowest BCUT2D eigenvalue weighted by molar-refractivity contribution is 0.109. The van der Waals surface area contributed by atoms with Gasteiger partial charge in [-0.05, 0) is 31.9 Å². The minimum absolute atomic E-state index is 0.0147. The van der Waals surface area contributed by atoms with Crippen molar-refractivity contribution in [1.82, 2.24) is 24.7 Å². The van der Waals surface area contributed by atoms with Crippen molar-refractivity contribution in [2.24, 2.45) is 0 Å². The largest absolute Gasteiger partial charge is 0.494 e. The fraction of sp³-hybridized carbons (Fsp3) is 0.500. The first-order chi connectivity index (χ1) is 17.2. The molecule has 1 aromatic carbocycles. The van der Waals surface area contributed by atoms with Gasteiger partial charge in [0.25, 0.3) is 0 Å². The number of hydrogen-bond acceptors (Lipinski definition) is 9. The highest BCUT2D eigenvalue weighted by atomic mass is 35.5. The van der Waals surface area contributed by atoms with E-state index in [2.05, 4.69) is 20.2 Å². The van der Waals surface area contributed by atoms with Crippen LogP contribution in [-0.2, 0) is 26.7 Å². The molecule has 10 nitrogen and oxygen atoms in total. The molecule has 0 bridgehead atoms. The molecule has 3 aromatic rings. The number of hydrogen-bond donors (Lipinski definition) is 0. The van der Waals surface area contributed by atoms with E-state index in [4.69, 9.17) is 25.8 Å². The van der Waals surface area contributed by atoms with Crippen molar-refractivity contribution in [1.29, 1.82) is 0 Å². The minimum atomic E-state index is -3.70. The number of methoxy groups -OCH3 is 2. The van der Waals surface area contributed by atoms with E-state index < -0.39 is 21.0 Å². The van der Waals surface area contributed by atoms with Crippen LogP contribution in [0.4, 0.5) is 0 Å². The molecule has 194 valence electrons. The summed E-state index contributed by atoms with van der Waals surface area (Å²) in [6.45, 7) is 4.12. The fourth-order valence-corrected chi connectivity index (χ4v) is 5.94. The Hall–Kier alpha value is -2.76. The van der Waals surface area contributed by atoms with Gasteiger partial charge in [-0.1, -0.05) is 24.6 Å². The number of benzene rings is 1. The molecule has 0 unspecified atom stereocenters. The van der Waals surface area contributed by atoms with E-state index in [1.54, 1.807) is 50.8 Å². The topological polar surface area (TPSA) is 118 Å². The minimum Gasteiger partial charge on any atom is -0.494 e. The van der Waals surface area contributed by atoms with Crippen LogP contribution in [-0.4, -0.2) is 65.3 Å². The molecule has 0 N–H and O–H groups in total. The normalized spacial score (nSPS) is 17.6. The monoisotopic (exact) mass is 535 g/mol. The Morgan fingerprint density at radius 2 is 1.75 bits per heavy atom. The molecule has 3 heterocycles. The third-order valence-corrected chi connectivity index (χ3v) is 8.90. The van der Waals surface area contributed by atoms with Crippen LogP contribution in [0.3, 0.4) is 0 Å². The molecular weight excluding hydrogens is 506 g/mol. The Kier molecular flexibility index (Phi) is 8.11. The molecule has 0 aliphatic carbocycles. The summed E-state index contributed by atoms with van der Waals surface area (Å²) >= 11 is 5.89. The summed E-state index contributed by atoms with van der Waals surface area (Å²) < 4.78 is 45.9. The van der Waals surface area contributed by atoms with E-state index in [9.17, 15) is 8.42 Å². The quantitative estimate of drug-likeness (QED) is 0.384. The predicted molar refractivity (Wildman–Crippen MR) is 135 cm³/mol. The maximum Gasteiger partial charge on any atom is 0.160 e. The highest BCUT2D eigenvalue weighted by Crippen LogP contribution is 2.35. The number of sulfone groups is 1. The summed E-state index contributed by atoms with van der Waals surface area (Å²) in [5.41, 5.74) is 0.549. The van der Waals surface area contributed by atoms with Crippen molar-refractivity contribution in [2.45, 2.75) is 56.1 Å². The molecule has 0 amide bonds. The summed E-state index contributed by atoms with van der Waals surface area (Å²) in [6, 6.07) is 5.38. The average Bonchev–Trinajstić information content (AvgIpc) is 3.53. The molecule has 1 aliphatic heterocycles. The van der Waals surface area contributed by atoms with Gasteiger partial charge in [-0.2, -0.15) is 0 Å². The molecule has 1 fully saturated rings. The predicted octanol–water partition coefficient (Wildman–Crippen LogP) is 3.56. The third-order valence-electron chi connectivity index (χ3n) is 6.51. The van der Waals surface area contributed by atoms with Gasteiger partial charge >= 0.3 is 0 Å². The van der Waals surface area contributed by atoms with Gasteiger partial charge in [0, 0.05) is 31.3 Å². The Morgan fingerprint density at radius 3 is 2.33 bits per heavy atom. The van der Waals surface area contributed by atoms with E-state index in [0.29, 0.717) is 46.9 Å². The van der Waals surface area contributed by atoms with Crippen LogP contribution in [0.15, 0.2) is 30.6 Å². The zero-order valence-corrected chi connectivity index (χ0v) is 22.3. The first-order valence-electron chi connectivity index (χ1n) is 11.7. The average molecular weight is 536 g/mol. The molecule has 3 atom stereocenters. The van der Waals surface area contributed by atoms with Crippen molar-refractivity contribution < 1.29 is 22.6 Å². The van der Waals surface area contributed by atoms with E-state index >= 15 is 0 Å². The van der Waals surface area contributed by atoms with Crippen molar-refractivity contribution in [3.63, 3.8) is 0 Å². The third kappa shape index (κ3) is 5.47. The van der Waals surface area contributed by atoms with E-state index in [1.165, 1.54) is 12.4 Å². The van der Waals surface area contributed by atoms with Gasteiger partial charge < -0.3 is 14.2 Å². The second-order valence-corrected chi connectivity index (χ2v) is 11.6. The summed E-state index contributed by atoms with van der Waals surface area (Å²) in [5.74, 6) is 1.47. The van der Waals surface area contributed by atoms with Gasteiger partial charge in [-0.3, -0.25) is 4.57 Å². The lowest BCUT2D eigenvalue weighted by Crippen LogP contribution is -2.27. The second-order valence-electron chi connectivity index (χ2n) is 8.78. The SMILES string of the molecule is COc1cccc(OC)c1-n1c(C[C@H]2CCCO2)nnc1CS(=O)(=O)[C@@H](C)[C@H](C)c1ncc(Cl)cn1. The Morgan fingerprint density at radius 1 is 1.11 bits per heavy atom. The molecule has 0 radical (unpaired) electrons. The van der Waals surface area contributed by atoms with Gasteiger partial charge in [-0.15, -0.1) is 10.2 Å². The molecule has 2 aromatic heterocycles. The number of ether oxygens (including phenoxy) is 3. The van der Waals surface area contributed by atoms with Crippen molar-refractivity contribution in [3.8, 4) is 17.2 Å². The van der Waals surface area contributed by atoms with Crippen LogP contribution in [0.5, 0.6) is 11.5 Å². The number of rotatable bonds is 10. The van der Waals surface area contributed by atoms with Crippen LogP contribution in [0.2, 0.25) is 5.02 Å². The lowest BCUT2D eigenvalue weighted by atomic mass is 10.1. The van der Waals surface area contributed by atoms with Gasteiger partial charge in [0.1, 0.15) is 34.6 Å². The molecule has 0 saturated carbocycles. The van der Waals surface area contributed by atoms with E-state index in [-0.39, 0.29) is 17.7 Å². The Labute approximate surface area is 215 Å². The molecule has 4 rings (SSSR count). The van der Waals surface area contributed by atoms with Crippen molar-refractivity contribution >= 4 is 21.4 Å². The highest BCUT2D eigenvalue weighted by molar-refractivity contribution is 7.91. The summed E-state index contributed by atoms with van der Waals surface area (Å²) in [7, 11) is -0.603. The molecule has 1 saturated heterocycles. The van der Waals surface area contributed by atoms with Crippen molar-refractivity contribution in [2.75, 3.05) is 20.8 Å². The molecular formula is C24H30ClN5O5S. The maximum atomic E-state index is 13.6. The van der Waals surface area contributed by atoms with Gasteiger partial charge in [0.15, 0.2) is 15.7 Å².